The van der Waals surface area contributed by atoms with Crippen LogP contribution in [0.2, 0.25) is 0 Å². The molecule has 2 heterocycles. The van der Waals surface area contributed by atoms with Gasteiger partial charge in [0.15, 0.2) is 5.13 Å². The summed E-state index contributed by atoms with van der Waals surface area (Å²) in [7, 11) is -3.10. The molecule has 1 aliphatic rings. The van der Waals surface area contributed by atoms with Gasteiger partial charge in [-0.1, -0.05) is 32.0 Å². The first-order valence-electron chi connectivity index (χ1n) is 8.43. The minimum atomic E-state index is -3.10. The molecule has 25 heavy (non-hydrogen) atoms. The molecular weight excluding hydrogens is 374 g/mol. The van der Waals surface area contributed by atoms with Crippen molar-refractivity contribution in [3.8, 4) is 11.3 Å². The number of hydrogen-bond donors (Lipinski definition) is 2. The number of fused-ring (bicyclic) bond motifs is 3. The summed E-state index contributed by atoms with van der Waals surface area (Å²) in [4.78, 5) is 7.36. The van der Waals surface area contributed by atoms with Crippen molar-refractivity contribution in [3.05, 3.63) is 29.1 Å². The van der Waals surface area contributed by atoms with Gasteiger partial charge in [0.25, 0.3) is 0 Å². The van der Waals surface area contributed by atoms with Gasteiger partial charge in [0, 0.05) is 34.2 Å². The van der Waals surface area contributed by atoms with E-state index in [1.54, 1.807) is 11.3 Å². The van der Waals surface area contributed by atoms with E-state index in [0.717, 1.165) is 29.4 Å². The number of benzene rings is 1. The fourth-order valence-corrected chi connectivity index (χ4v) is 5.06. The third-order valence-corrected chi connectivity index (χ3v) is 6.30. The topological polar surface area (TPSA) is 71.1 Å². The maximum absolute atomic E-state index is 11.0. The zero-order valence-corrected chi connectivity index (χ0v) is 17.3. The number of thiazole rings is 1. The molecule has 0 saturated heterocycles. The van der Waals surface area contributed by atoms with Crippen LogP contribution in [0, 0.1) is 0 Å². The first-order chi connectivity index (χ1) is 12.0. The van der Waals surface area contributed by atoms with E-state index in [2.05, 4.69) is 34.3 Å². The second-order valence-corrected chi connectivity index (χ2v) is 9.39. The lowest BCUT2D eigenvalue weighted by Crippen LogP contribution is -2.24. The van der Waals surface area contributed by atoms with E-state index in [9.17, 15) is 8.42 Å². The molecule has 0 atom stereocenters. The number of thioether (sulfide) groups is 1. The van der Waals surface area contributed by atoms with Crippen molar-refractivity contribution in [2.24, 2.45) is 0 Å². The van der Waals surface area contributed by atoms with E-state index in [1.807, 2.05) is 25.6 Å². The molecule has 1 aliphatic heterocycles. The van der Waals surface area contributed by atoms with Crippen LogP contribution in [0.25, 0.3) is 11.3 Å². The van der Waals surface area contributed by atoms with E-state index in [-0.39, 0.29) is 0 Å². The second-order valence-electron chi connectivity index (χ2n) is 5.33. The summed E-state index contributed by atoms with van der Waals surface area (Å²) in [5, 5.41) is 4.22. The predicted octanol–water partition coefficient (Wildman–Crippen LogP) is 3.84. The van der Waals surface area contributed by atoms with Crippen LogP contribution in [0.5, 0.6) is 0 Å². The number of rotatable bonds is 6. The first-order valence-corrected chi connectivity index (χ1v) is 12.1. The lowest BCUT2D eigenvalue weighted by molar-refractivity contribution is 0.586. The molecule has 0 unspecified atom stereocenters. The zero-order valence-electron chi connectivity index (χ0n) is 14.8. The Bertz CT molecular complexity index is 788. The van der Waals surface area contributed by atoms with Gasteiger partial charge in [0.2, 0.25) is 10.0 Å². The van der Waals surface area contributed by atoms with Crippen LogP contribution >= 0.6 is 23.1 Å². The molecule has 3 rings (SSSR count). The molecule has 0 saturated carbocycles. The Morgan fingerprint density at radius 1 is 1.20 bits per heavy atom. The summed E-state index contributed by atoms with van der Waals surface area (Å²) in [5.41, 5.74) is 2.31. The van der Waals surface area contributed by atoms with E-state index >= 15 is 0 Å². The number of sulfonamides is 1. The third-order valence-electron chi connectivity index (χ3n) is 3.42. The highest BCUT2D eigenvalue weighted by molar-refractivity contribution is 7.99. The number of aryl methyl sites for hydroxylation is 1. The Kier molecular flexibility index (Phi) is 7.74. The average molecular weight is 400 g/mol. The summed E-state index contributed by atoms with van der Waals surface area (Å²) >= 11 is 3.59. The number of nitrogens with zero attached hydrogens (tertiary/aromatic N) is 1. The Morgan fingerprint density at radius 2 is 1.96 bits per heavy atom. The standard InChI is InChI=1S/C15H19N3O2S3.C2H6/c1-23(19,20)17-9-4-8-16-15-18-14-11-5-2-3-6-12(11)21-10-7-13(14)22-15;1-2/h2-3,5-6,17H,4,7-10H2,1H3,(H,16,18);1-2H3. The van der Waals surface area contributed by atoms with Crippen LogP contribution < -0.4 is 10.0 Å². The second kappa shape index (κ2) is 9.56. The molecule has 138 valence electrons. The minimum absolute atomic E-state index is 0.441. The van der Waals surface area contributed by atoms with Gasteiger partial charge in [-0.2, -0.15) is 0 Å². The molecule has 1 aromatic carbocycles. The highest BCUT2D eigenvalue weighted by Crippen LogP contribution is 2.40. The highest BCUT2D eigenvalue weighted by atomic mass is 32.2. The van der Waals surface area contributed by atoms with Gasteiger partial charge in [-0.15, -0.1) is 23.1 Å². The van der Waals surface area contributed by atoms with Crippen LogP contribution in [0.1, 0.15) is 25.1 Å². The molecule has 2 N–H and O–H groups in total. The summed E-state index contributed by atoms with van der Waals surface area (Å²) in [6.45, 7) is 5.14. The maximum atomic E-state index is 11.0. The number of anilines is 1. The molecule has 2 aromatic rings. The van der Waals surface area contributed by atoms with Crippen molar-refractivity contribution in [2.45, 2.75) is 31.6 Å². The first kappa shape index (κ1) is 20.2. The van der Waals surface area contributed by atoms with Crippen molar-refractivity contribution in [1.29, 1.82) is 0 Å². The SMILES string of the molecule is CC.CS(=O)(=O)NCCCNc1nc2c(s1)CCSc1ccccc1-2. The van der Waals surface area contributed by atoms with Gasteiger partial charge in [-0.25, -0.2) is 18.1 Å². The van der Waals surface area contributed by atoms with E-state index < -0.39 is 10.0 Å². The van der Waals surface area contributed by atoms with E-state index in [4.69, 9.17) is 4.98 Å². The van der Waals surface area contributed by atoms with Gasteiger partial charge in [-0.3, -0.25) is 0 Å². The summed E-state index contributed by atoms with van der Waals surface area (Å²) in [6.07, 6.45) is 2.93. The normalized spacial score (nSPS) is 13.1. The van der Waals surface area contributed by atoms with Gasteiger partial charge in [-0.05, 0) is 18.9 Å². The molecular formula is C17H25N3O2S3. The van der Waals surface area contributed by atoms with Crippen molar-refractivity contribution < 1.29 is 8.42 Å². The van der Waals surface area contributed by atoms with E-state index in [1.165, 1.54) is 21.6 Å². The molecule has 8 heteroatoms. The van der Waals surface area contributed by atoms with Crippen molar-refractivity contribution in [3.63, 3.8) is 0 Å². The van der Waals surface area contributed by atoms with Gasteiger partial charge >= 0.3 is 0 Å². The lowest BCUT2D eigenvalue weighted by Gasteiger charge is -2.04. The molecule has 1 aromatic heterocycles. The summed E-state index contributed by atoms with van der Waals surface area (Å²) in [5.74, 6) is 1.07. The number of nitrogens with one attached hydrogen (secondary N) is 2. The molecule has 0 aliphatic carbocycles. The maximum Gasteiger partial charge on any atom is 0.208 e. The summed E-state index contributed by atoms with van der Waals surface area (Å²) < 4.78 is 24.5. The van der Waals surface area contributed by atoms with Gasteiger partial charge in [0.05, 0.1) is 11.9 Å². The van der Waals surface area contributed by atoms with Crippen LogP contribution in [0.4, 0.5) is 5.13 Å². The van der Waals surface area contributed by atoms with Crippen molar-refractivity contribution in [1.82, 2.24) is 9.71 Å². The Morgan fingerprint density at radius 3 is 2.72 bits per heavy atom. The summed E-state index contributed by atoms with van der Waals surface area (Å²) in [6, 6.07) is 8.40. The fraction of sp³-hybridized carbons (Fsp3) is 0.471. The molecule has 0 bridgehead atoms. The zero-order chi connectivity index (χ0) is 18.3. The molecule has 0 amide bonds. The predicted molar refractivity (Wildman–Crippen MR) is 109 cm³/mol. The molecule has 0 fully saturated rings. The monoisotopic (exact) mass is 399 g/mol. The van der Waals surface area contributed by atoms with Gasteiger partial charge < -0.3 is 5.32 Å². The quantitative estimate of drug-likeness (QED) is 0.722. The smallest absolute Gasteiger partial charge is 0.208 e. The average Bonchev–Trinajstić information content (AvgIpc) is 2.91. The Hall–Kier alpha value is -1.09. The number of aromatic nitrogens is 1. The minimum Gasteiger partial charge on any atom is -0.361 e. The van der Waals surface area contributed by atoms with E-state index in [0.29, 0.717) is 13.1 Å². The van der Waals surface area contributed by atoms with Crippen LogP contribution in [0.15, 0.2) is 29.2 Å². The van der Waals surface area contributed by atoms with Gasteiger partial charge in [0.1, 0.15) is 0 Å². The fourth-order valence-electron chi connectivity index (χ4n) is 2.39. The Labute approximate surface area is 158 Å². The Balaban J connectivity index is 0.00000109. The molecule has 0 radical (unpaired) electrons. The van der Waals surface area contributed by atoms with Crippen molar-refractivity contribution >= 4 is 38.3 Å². The van der Waals surface area contributed by atoms with Crippen LogP contribution in [0.3, 0.4) is 0 Å². The molecule has 0 spiro atoms. The highest BCUT2D eigenvalue weighted by Gasteiger charge is 2.19. The third kappa shape index (κ3) is 5.99. The molecule has 5 nitrogen and oxygen atoms in total. The lowest BCUT2D eigenvalue weighted by atomic mass is 10.1. The van der Waals surface area contributed by atoms with Crippen LogP contribution in [-0.4, -0.2) is 38.5 Å². The van der Waals surface area contributed by atoms with Crippen molar-refractivity contribution in [2.75, 3.05) is 30.4 Å². The number of hydrogen-bond acceptors (Lipinski definition) is 6. The largest absolute Gasteiger partial charge is 0.361 e. The van der Waals surface area contributed by atoms with Crippen LogP contribution in [-0.2, 0) is 16.4 Å².